The van der Waals surface area contributed by atoms with Crippen molar-refractivity contribution in [3.05, 3.63) is 30.2 Å². The van der Waals surface area contributed by atoms with Gasteiger partial charge < -0.3 is 9.80 Å². The maximum Gasteiger partial charge on any atom is 0.246 e. The molecule has 0 radical (unpaired) electrons. The average molecular weight is 298 g/mol. The molecule has 4 rings (SSSR count). The van der Waals surface area contributed by atoms with Gasteiger partial charge in [-0.1, -0.05) is 5.57 Å². The van der Waals surface area contributed by atoms with Crippen molar-refractivity contribution in [2.75, 3.05) is 31.1 Å². The van der Waals surface area contributed by atoms with E-state index in [-0.39, 0.29) is 5.91 Å². The summed E-state index contributed by atoms with van der Waals surface area (Å²) in [6, 6.07) is 0. The van der Waals surface area contributed by atoms with Gasteiger partial charge in [0.2, 0.25) is 5.91 Å². The van der Waals surface area contributed by atoms with Crippen molar-refractivity contribution in [1.29, 1.82) is 0 Å². The van der Waals surface area contributed by atoms with Gasteiger partial charge in [-0.05, 0) is 37.5 Å². The molecule has 5 heteroatoms. The zero-order valence-corrected chi connectivity index (χ0v) is 12.8. The molecule has 2 aliphatic carbocycles. The number of rotatable bonds is 4. The molecule has 2 heterocycles. The minimum absolute atomic E-state index is 0.215. The van der Waals surface area contributed by atoms with Crippen LogP contribution in [0.2, 0.25) is 0 Å². The quantitative estimate of drug-likeness (QED) is 0.796. The molecule has 1 saturated heterocycles. The third-order valence-electron chi connectivity index (χ3n) is 4.85. The highest BCUT2D eigenvalue weighted by atomic mass is 16.2. The SMILES string of the molecule is O=C(C=C(C1CC1)C1CC1)N1CCN(c2cnccn2)CC1. The first-order valence-electron chi connectivity index (χ1n) is 8.32. The predicted octanol–water partition coefficient (Wildman–Crippen LogP) is 1.87. The molecule has 3 fully saturated rings. The maximum atomic E-state index is 12.5. The largest absolute Gasteiger partial charge is 0.352 e. The van der Waals surface area contributed by atoms with Gasteiger partial charge >= 0.3 is 0 Å². The third-order valence-corrected chi connectivity index (χ3v) is 4.85. The molecule has 0 atom stereocenters. The Hall–Kier alpha value is -1.91. The summed E-state index contributed by atoms with van der Waals surface area (Å²) in [6.07, 6.45) is 12.3. The molecule has 1 aliphatic heterocycles. The standard InChI is InChI=1S/C17H22N4O/c22-17(11-15(13-1-2-13)14-3-4-14)21-9-7-20(8-10-21)16-12-18-5-6-19-16/h5-6,11-14H,1-4,7-10H2. The van der Waals surface area contributed by atoms with E-state index >= 15 is 0 Å². The van der Waals surface area contributed by atoms with Crippen LogP contribution in [0.3, 0.4) is 0 Å². The van der Waals surface area contributed by atoms with E-state index in [1.165, 1.54) is 31.3 Å². The zero-order chi connectivity index (χ0) is 14.9. The molecule has 1 aromatic rings. The number of piperazine rings is 1. The number of anilines is 1. The lowest BCUT2D eigenvalue weighted by atomic mass is 10.1. The van der Waals surface area contributed by atoms with Crippen molar-refractivity contribution >= 4 is 11.7 Å². The highest BCUT2D eigenvalue weighted by Crippen LogP contribution is 2.48. The lowest BCUT2D eigenvalue weighted by molar-refractivity contribution is -0.126. The molecular weight excluding hydrogens is 276 g/mol. The van der Waals surface area contributed by atoms with Gasteiger partial charge in [-0.15, -0.1) is 0 Å². The van der Waals surface area contributed by atoms with Crippen molar-refractivity contribution in [2.24, 2.45) is 11.8 Å². The fraction of sp³-hybridized carbons (Fsp3) is 0.588. The first-order valence-corrected chi connectivity index (χ1v) is 8.32. The monoisotopic (exact) mass is 298 g/mol. The van der Waals surface area contributed by atoms with Crippen LogP contribution < -0.4 is 4.90 Å². The van der Waals surface area contributed by atoms with Crippen molar-refractivity contribution < 1.29 is 4.79 Å². The number of hydrogen-bond donors (Lipinski definition) is 0. The van der Waals surface area contributed by atoms with Gasteiger partial charge in [0, 0.05) is 44.6 Å². The number of aromatic nitrogens is 2. The van der Waals surface area contributed by atoms with Gasteiger partial charge in [0.05, 0.1) is 6.20 Å². The Balaban J connectivity index is 1.37. The summed E-state index contributed by atoms with van der Waals surface area (Å²) in [4.78, 5) is 25.1. The van der Waals surface area contributed by atoms with Gasteiger partial charge in [-0.3, -0.25) is 9.78 Å². The Kier molecular flexibility index (Phi) is 3.56. The Morgan fingerprint density at radius 2 is 1.73 bits per heavy atom. The van der Waals surface area contributed by atoms with Crippen LogP contribution in [-0.4, -0.2) is 47.0 Å². The minimum Gasteiger partial charge on any atom is -0.352 e. The van der Waals surface area contributed by atoms with Crippen LogP contribution in [0.25, 0.3) is 0 Å². The predicted molar refractivity (Wildman–Crippen MR) is 84.4 cm³/mol. The lowest BCUT2D eigenvalue weighted by Gasteiger charge is -2.34. The smallest absolute Gasteiger partial charge is 0.246 e. The number of hydrogen-bond acceptors (Lipinski definition) is 4. The zero-order valence-electron chi connectivity index (χ0n) is 12.8. The first-order chi connectivity index (χ1) is 10.8. The van der Waals surface area contributed by atoms with Crippen LogP contribution in [0, 0.1) is 11.8 Å². The molecule has 3 aliphatic rings. The third kappa shape index (κ3) is 2.98. The van der Waals surface area contributed by atoms with Crippen molar-refractivity contribution in [2.45, 2.75) is 25.7 Å². The van der Waals surface area contributed by atoms with E-state index in [1.54, 1.807) is 18.6 Å². The van der Waals surface area contributed by atoms with Crippen LogP contribution in [-0.2, 0) is 4.79 Å². The molecule has 116 valence electrons. The van der Waals surface area contributed by atoms with Gasteiger partial charge in [0.1, 0.15) is 5.82 Å². The fourth-order valence-electron chi connectivity index (χ4n) is 3.25. The van der Waals surface area contributed by atoms with Gasteiger partial charge in [-0.25, -0.2) is 4.98 Å². The van der Waals surface area contributed by atoms with Gasteiger partial charge in [0.25, 0.3) is 0 Å². The Bertz CT molecular complexity index is 556. The van der Waals surface area contributed by atoms with Crippen LogP contribution in [0.1, 0.15) is 25.7 Å². The number of nitrogens with zero attached hydrogens (tertiary/aromatic N) is 4. The molecule has 0 aromatic carbocycles. The molecule has 22 heavy (non-hydrogen) atoms. The number of allylic oxidation sites excluding steroid dienone is 1. The van der Waals surface area contributed by atoms with E-state index in [1.807, 2.05) is 11.0 Å². The van der Waals surface area contributed by atoms with E-state index in [0.717, 1.165) is 43.8 Å². The van der Waals surface area contributed by atoms with Gasteiger partial charge in [-0.2, -0.15) is 0 Å². The lowest BCUT2D eigenvalue weighted by Crippen LogP contribution is -2.48. The fourth-order valence-corrected chi connectivity index (χ4v) is 3.25. The maximum absolute atomic E-state index is 12.5. The summed E-state index contributed by atoms with van der Waals surface area (Å²) in [5.41, 5.74) is 1.45. The molecule has 0 unspecified atom stereocenters. The van der Waals surface area contributed by atoms with Crippen LogP contribution in [0.15, 0.2) is 30.2 Å². The Labute approximate surface area is 131 Å². The summed E-state index contributed by atoms with van der Waals surface area (Å²) in [7, 11) is 0. The summed E-state index contributed by atoms with van der Waals surface area (Å²) < 4.78 is 0. The number of carbonyl (C=O) groups is 1. The van der Waals surface area contributed by atoms with E-state index in [0.29, 0.717) is 0 Å². The molecule has 0 bridgehead atoms. The van der Waals surface area contributed by atoms with Crippen molar-refractivity contribution in [3.63, 3.8) is 0 Å². The van der Waals surface area contributed by atoms with E-state index in [9.17, 15) is 4.79 Å². The second-order valence-corrected chi connectivity index (χ2v) is 6.57. The van der Waals surface area contributed by atoms with Gasteiger partial charge in [0.15, 0.2) is 0 Å². The van der Waals surface area contributed by atoms with E-state index in [4.69, 9.17) is 0 Å². The normalized spacial score (nSPS) is 21.6. The number of amides is 1. The molecule has 0 N–H and O–H groups in total. The summed E-state index contributed by atoms with van der Waals surface area (Å²) >= 11 is 0. The van der Waals surface area contributed by atoms with Crippen LogP contribution in [0.5, 0.6) is 0 Å². The highest BCUT2D eigenvalue weighted by Gasteiger charge is 2.37. The Morgan fingerprint density at radius 1 is 1.05 bits per heavy atom. The topological polar surface area (TPSA) is 49.3 Å². The molecular formula is C17H22N4O. The first kappa shape index (κ1) is 13.7. The van der Waals surface area contributed by atoms with Crippen molar-refractivity contribution in [3.8, 4) is 0 Å². The number of carbonyl (C=O) groups excluding carboxylic acids is 1. The van der Waals surface area contributed by atoms with Crippen LogP contribution >= 0.6 is 0 Å². The van der Waals surface area contributed by atoms with Crippen LogP contribution in [0.4, 0.5) is 5.82 Å². The average Bonchev–Trinajstić information content (AvgIpc) is 3.47. The van der Waals surface area contributed by atoms with E-state index < -0.39 is 0 Å². The Morgan fingerprint density at radius 3 is 2.27 bits per heavy atom. The minimum atomic E-state index is 0.215. The molecule has 2 saturated carbocycles. The van der Waals surface area contributed by atoms with E-state index in [2.05, 4.69) is 14.9 Å². The molecule has 0 spiro atoms. The summed E-state index contributed by atoms with van der Waals surface area (Å²) in [6.45, 7) is 3.21. The molecule has 1 aromatic heterocycles. The molecule has 1 amide bonds. The summed E-state index contributed by atoms with van der Waals surface area (Å²) in [5, 5.41) is 0. The summed E-state index contributed by atoms with van der Waals surface area (Å²) in [5.74, 6) is 2.56. The second-order valence-electron chi connectivity index (χ2n) is 6.57. The highest BCUT2D eigenvalue weighted by molar-refractivity contribution is 5.88. The van der Waals surface area contributed by atoms with Crippen molar-refractivity contribution in [1.82, 2.24) is 14.9 Å². The second kappa shape index (κ2) is 5.71. The molecule has 5 nitrogen and oxygen atoms in total.